The van der Waals surface area contributed by atoms with Crippen molar-refractivity contribution in [3.63, 3.8) is 0 Å². The maximum absolute atomic E-state index is 11.4. The first-order valence-corrected chi connectivity index (χ1v) is 7.24. The molecule has 1 saturated heterocycles. The summed E-state index contributed by atoms with van der Waals surface area (Å²) in [5.41, 5.74) is 0.00945. The smallest absolute Gasteiger partial charge is 0.343 e. The molecule has 1 aromatic carbocycles. The lowest BCUT2D eigenvalue weighted by molar-refractivity contribution is -0.385. The van der Waals surface area contributed by atoms with Gasteiger partial charge in [0, 0.05) is 12.6 Å². The fourth-order valence-corrected chi connectivity index (χ4v) is 2.91. The highest BCUT2D eigenvalue weighted by atomic mass is 16.6. The van der Waals surface area contributed by atoms with Gasteiger partial charge in [0.15, 0.2) is 0 Å². The minimum Gasteiger partial charge on any atom is -0.477 e. The van der Waals surface area contributed by atoms with Gasteiger partial charge in [0.1, 0.15) is 5.56 Å². The van der Waals surface area contributed by atoms with Crippen LogP contribution in [-0.4, -0.2) is 34.0 Å². The molecule has 1 N–H and O–H groups in total. The third kappa shape index (κ3) is 3.58. The average Bonchev–Trinajstić information content (AvgIpc) is 2.47. The number of rotatable bonds is 5. The second kappa shape index (κ2) is 6.67. The van der Waals surface area contributed by atoms with Gasteiger partial charge in [-0.1, -0.05) is 25.5 Å². The van der Waals surface area contributed by atoms with E-state index in [-0.39, 0.29) is 11.3 Å². The highest BCUT2D eigenvalue weighted by Gasteiger charge is 2.25. The van der Waals surface area contributed by atoms with Crippen LogP contribution in [0.1, 0.15) is 42.1 Å². The van der Waals surface area contributed by atoms with Crippen LogP contribution >= 0.6 is 0 Å². The van der Waals surface area contributed by atoms with Crippen LogP contribution < -0.4 is 0 Å². The number of likely N-dealkylation sites (tertiary alicyclic amines) is 1. The van der Waals surface area contributed by atoms with Crippen LogP contribution in [0.2, 0.25) is 0 Å². The first kappa shape index (κ1) is 15.4. The van der Waals surface area contributed by atoms with Crippen molar-refractivity contribution in [3.8, 4) is 0 Å². The zero-order chi connectivity index (χ0) is 15.4. The third-order valence-corrected chi connectivity index (χ3v) is 4.22. The van der Waals surface area contributed by atoms with Crippen LogP contribution in [0.15, 0.2) is 18.2 Å². The standard InChI is InChI=1S/C15H20N2O4/c1-2-11-6-8-16(9-7-11)10-12-4-3-5-13(17(20)21)14(12)15(18)19/h3-5,11H,2,6-10H2,1H3,(H,18,19). The van der Waals surface area contributed by atoms with E-state index in [0.29, 0.717) is 12.1 Å². The number of carboxylic acid groups (broad SMARTS) is 1. The van der Waals surface area contributed by atoms with Crippen molar-refractivity contribution in [2.45, 2.75) is 32.7 Å². The largest absolute Gasteiger partial charge is 0.477 e. The molecule has 0 unspecified atom stereocenters. The summed E-state index contributed by atoms with van der Waals surface area (Å²) in [7, 11) is 0. The topological polar surface area (TPSA) is 83.7 Å². The van der Waals surface area contributed by atoms with Crippen molar-refractivity contribution < 1.29 is 14.8 Å². The van der Waals surface area contributed by atoms with E-state index in [0.717, 1.165) is 31.8 Å². The van der Waals surface area contributed by atoms with Crippen molar-refractivity contribution in [3.05, 3.63) is 39.4 Å². The molecule has 0 saturated carbocycles. The molecule has 0 aliphatic carbocycles. The molecule has 0 spiro atoms. The molecule has 0 atom stereocenters. The molecule has 114 valence electrons. The summed E-state index contributed by atoms with van der Waals surface area (Å²) in [6.07, 6.45) is 3.38. The number of carboxylic acids is 1. The van der Waals surface area contributed by atoms with E-state index in [4.69, 9.17) is 0 Å². The zero-order valence-electron chi connectivity index (χ0n) is 12.1. The number of hydrogen-bond acceptors (Lipinski definition) is 4. The van der Waals surface area contributed by atoms with Gasteiger partial charge in [0.25, 0.3) is 5.69 Å². The molecule has 0 radical (unpaired) electrons. The van der Waals surface area contributed by atoms with Crippen LogP contribution in [-0.2, 0) is 6.54 Å². The molecule has 0 bridgehead atoms. The Bertz CT molecular complexity index is 536. The maximum Gasteiger partial charge on any atom is 0.343 e. The van der Waals surface area contributed by atoms with E-state index in [1.807, 2.05) is 0 Å². The highest BCUT2D eigenvalue weighted by Crippen LogP contribution is 2.26. The summed E-state index contributed by atoms with van der Waals surface area (Å²) < 4.78 is 0. The number of nitro groups is 1. The lowest BCUT2D eigenvalue weighted by atomic mass is 9.94. The monoisotopic (exact) mass is 292 g/mol. The Balaban J connectivity index is 2.19. The molecular weight excluding hydrogens is 272 g/mol. The molecule has 6 heteroatoms. The summed E-state index contributed by atoms with van der Waals surface area (Å²) in [5, 5.41) is 20.3. The fourth-order valence-electron chi connectivity index (χ4n) is 2.91. The fraction of sp³-hybridized carbons (Fsp3) is 0.533. The van der Waals surface area contributed by atoms with Gasteiger partial charge < -0.3 is 5.11 Å². The Morgan fingerprint density at radius 1 is 1.43 bits per heavy atom. The van der Waals surface area contributed by atoms with E-state index in [1.165, 1.54) is 12.5 Å². The molecule has 1 aromatic rings. The molecule has 1 heterocycles. The second-order valence-electron chi connectivity index (χ2n) is 5.50. The average molecular weight is 292 g/mol. The zero-order valence-corrected chi connectivity index (χ0v) is 12.1. The van der Waals surface area contributed by atoms with Gasteiger partial charge in [-0.25, -0.2) is 4.79 Å². The van der Waals surface area contributed by atoms with Gasteiger partial charge in [-0.15, -0.1) is 0 Å². The quantitative estimate of drug-likeness (QED) is 0.666. The van der Waals surface area contributed by atoms with Gasteiger partial charge in [0.05, 0.1) is 4.92 Å². The van der Waals surface area contributed by atoms with Crippen molar-refractivity contribution in [2.24, 2.45) is 5.92 Å². The minimum absolute atomic E-state index is 0.180. The van der Waals surface area contributed by atoms with E-state index in [2.05, 4.69) is 11.8 Å². The van der Waals surface area contributed by atoms with E-state index in [9.17, 15) is 20.0 Å². The number of aromatic carboxylic acids is 1. The predicted molar refractivity (Wildman–Crippen MR) is 78.3 cm³/mol. The van der Waals surface area contributed by atoms with Gasteiger partial charge >= 0.3 is 5.97 Å². The molecular formula is C15H20N2O4. The molecule has 6 nitrogen and oxygen atoms in total. The number of benzene rings is 1. The summed E-state index contributed by atoms with van der Waals surface area (Å²) in [4.78, 5) is 23.9. The van der Waals surface area contributed by atoms with Gasteiger partial charge in [-0.05, 0) is 37.4 Å². The lowest BCUT2D eigenvalue weighted by Crippen LogP contribution is -2.33. The first-order valence-electron chi connectivity index (χ1n) is 7.24. The van der Waals surface area contributed by atoms with Crippen molar-refractivity contribution in [2.75, 3.05) is 13.1 Å². The number of nitrogens with zero attached hydrogens (tertiary/aromatic N) is 2. The molecule has 0 aromatic heterocycles. The van der Waals surface area contributed by atoms with Crippen molar-refractivity contribution in [1.29, 1.82) is 0 Å². The molecule has 1 aliphatic heterocycles. The predicted octanol–water partition coefficient (Wildman–Crippen LogP) is 2.92. The molecule has 1 fully saturated rings. The molecule has 1 aliphatic rings. The summed E-state index contributed by atoms with van der Waals surface area (Å²) in [6.45, 7) is 4.48. The lowest BCUT2D eigenvalue weighted by Gasteiger charge is -2.31. The molecule has 2 rings (SSSR count). The highest BCUT2D eigenvalue weighted by molar-refractivity contribution is 5.94. The molecule has 0 amide bonds. The Hall–Kier alpha value is -1.95. The van der Waals surface area contributed by atoms with Crippen molar-refractivity contribution >= 4 is 11.7 Å². The van der Waals surface area contributed by atoms with Gasteiger partial charge in [-0.2, -0.15) is 0 Å². The van der Waals surface area contributed by atoms with E-state index >= 15 is 0 Å². The van der Waals surface area contributed by atoms with E-state index < -0.39 is 10.9 Å². The minimum atomic E-state index is -1.24. The Kier molecular flexibility index (Phi) is 4.90. The SMILES string of the molecule is CCC1CCN(Cc2cccc([N+](=O)[O-])c2C(=O)O)CC1. The normalized spacial score (nSPS) is 16.8. The Labute approximate surface area is 123 Å². The summed E-state index contributed by atoms with van der Waals surface area (Å²) in [6, 6.07) is 4.47. The number of nitro benzene ring substituents is 1. The molecule has 21 heavy (non-hydrogen) atoms. The summed E-state index contributed by atoms with van der Waals surface area (Å²) >= 11 is 0. The van der Waals surface area contributed by atoms with E-state index in [1.54, 1.807) is 12.1 Å². The number of carbonyl (C=O) groups is 1. The second-order valence-corrected chi connectivity index (χ2v) is 5.50. The van der Waals surface area contributed by atoms with Crippen LogP contribution in [0.3, 0.4) is 0 Å². The van der Waals surface area contributed by atoms with Crippen molar-refractivity contribution in [1.82, 2.24) is 4.90 Å². The Morgan fingerprint density at radius 2 is 2.10 bits per heavy atom. The number of piperidine rings is 1. The number of hydrogen-bond donors (Lipinski definition) is 1. The van der Waals surface area contributed by atoms with Crippen LogP contribution in [0.25, 0.3) is 0 Å². The van der Waals surface area contributed by atoms with Crippen LogP contribution in [0.4, 0.5) is 5.69 Å². The first-order chi connectivity index (χ1) is 10.0. The van der Waals surface area contributed by atoms with Crippen LogP contribution in [0.5, 0.6) is 0 Å². The van der Waals surface area contributed by atoms with Gasteiger partial charge in [-0.3, -0.25) is 15.0 Å². The van der Waals surface area contributed by atoms with Crippen LogP contribution in [0, 0.1) is 16.0 Å². The van der Waals surface area contributed by atoms with Gasteiger partial charge in [0.2, 0.25) is 0 Å². The third-order valence-electron chi connectivity index (χ3n) is 4.22. The summed E-state index contributed by atoms with van der Waals surface area (Å²) in [5.74, 6) is -0.494. The maximum atomic E-state index is 11.4. The Morgan fingerprint density at radius 3 is 2.62 bits per heavy atom.